The van der Waals surface area contributed by atoms with Crippen molar-refractivity contribution in [1.29, 1.82) is 0 Å². The normalized spacial score (nSPS) is 10.7. The molecule has 0 fully saturated rings. The van der Waals surface area contributed by atoms with Gasteiger partial charge in [0.05, 0.1) is 0 Å². The van der Waals surface area contributed by atoms with Gasteiger partial charge in [0.15, 0.2) is 5.82 Å². The van der Waals surface area contributed by atoms with Crippen molar-refractivity contribution in [3.8, 4) is 0 Å². The van der Waals surface area contributed by atoms with Gasteiger partial charge in [-0.15, -0.1) is 0 Å². The van der Waals surface area contributed by atoms with Gasteiger partial charge in [0.1, 0.15) is 0 Å². The minimum absolute atomic E-state index is 0.768. The fourth-order valence-corrected chi connectivity index (χ4v) is 0.885. The predicted octanol–water partition coefficient (Wildman–Crippen LogP) is 2.19. The molecule has 11 heavy (non-hydrogen) atoms. The molecule has 0 aromatic carbocycles. The molecule has 3 heteroatoms. The molecule has 0 amide bonds. The summed E-state index contributed by atoms with van der Waals surface area (Å²) < 4.78 is 0. The molecule has 0 aliphatic rings. The Hall–Kier alpha value is -0.700. The van der Waals surface area contributed by atoms with E-state index >= 15 is 0 Å². The zero-order valence-corrected chi connectivity index (χ0v) is 7.87. The monoisotopic (exact) mass is 212 g/mol. The molecule has 58 valence electrons. The average molecular weight is 213 g/mol. The van der Waals surface area contributed by atoms with Crippen molar-refractivity contribution in [2.75, 3.05) is 5.33 Å². The van der Waals surface area contributed by atoms with Crippen molar-refractivity contribution < 1.29 is 0 Å². The first-order valence-electron chi connectivity index (χ1n) is 3.35. The highest BCUT2D eigenvalue weighted by atomic mass is 79.9. The van der Waals surface area contributed by atoms with E-state index in [0.29, 0.717) is 0 Å². The highest BCUT2D eigenvalue weighted by Gasteiger charge is 1.88. The van der Waals surface area contributed by atoms with E-state index in [1.807, 2.05) is 25.1 Å². The predicted molar refractivity (Wildman–Crippen MR) is 49.6 cm³/mol. The van der Waals surface area contributed by atoms with Crippen LogP contribution in [0.15, 0.2) is 18.3 Å². The van der Waals surface area contributed by atoms with Crippen LogP contribution >= 0.6 is 15.9 Å². The van der Waals surface area contributed by atoms with Crippen LogP contribution < -0.4 is 0 Å². The van der Waals surface area contributed by atoms with Gasteiger partial charge >= 0.3 is 0 Å². The van der Waals surface area contributed by atoms with Crippen LogP contribution in [-0.2, 0) is 0 Å². The van der Waals surface area contributed by atoms with Gasteiger partial charge in [0.25, 0.3) is 0 Å². The van der Waals surface area contributed by atoms with Crippen molar-refractivity contribution in [3.05, 3.63) is 29.9 Å². The first-order chi connectivity index (χ1) is 5.33. The summed E-state index contributed by atoms with van der Waals surface area (Å²) in [6, 6.07) is 1.88. The van der Waals surface area contributed by atoms with E-state index in [2.05, 4.69) is 25.9 Å². The molecule has 0 unspecified atom stereocenters. The lowest BCUT2D eigenvalue weighted by molar-refractivity contribution is 1.08. The lowest BCUT2D eigenvalue weighted by Crippen LogP contribution is -1.88. The largest absolute Gasteiger partial charge is 0.237 e. The third kappa shape index (κ3) is 2.80. The first kappa shape index (κ1) is 8.40. The van der Waals surface area contributed by atoms with Crippen LogP contribution in [0.4, 0.5) is 0 Å². The number of nitrogens with zero attached hydrogens (tertiary/aromatic N) is 2. The minimum Gasteiger partial charge on any atom is -0.237 e. The fourth-order valence-electron chi connectivity index (χ4n) is 0.699. The summed E-state index contributed by atoms with van der Waals surface area (Å²) in [4.78, 5) is 8.25. The Balaban J connectivity index is 2.79. The molecule has 0 saturated carbocycles. The van der Waals surface area contributed by atoms with Crippen molar-refractivity contribution in [2.24, 2.45) is 0 Å². The Morgan fingerprint density at radius 3 is 3.09 bits per heavy atom. The van der Waals surface area contributed by atoms with Gasteiger partial charge in [-0.25, -0.2) is 9.97 Å². The van der Waals surface area contributed by atoms with Gasteiger partial charge in [0.2, 0.25) is 0 Å². The number of rotatable bonds is 2. The number of hydrogen-bond donors (Lipinski definition) is 0. The van der Waals surface area contributed by atoms with Crippen LogP contribution in [-0.4, -0.2) is 15.3 Å². The zero-order chi connectivity index (χ0) is 8.10. The number of alkyl halides is 1. The summed E-state index contributed by atoms with van der Waals surface area (Å²) in [5, 5.41) is 0.838. The molecular weight excluding hydrogens is 204 g/mol. The lowest BCUT2D eigenvalue weighted by Gasteiger charge is -1.92. The molecule has 0 aliphatic heterocycles. The highest BCUT2D eigenvalue weighted by molar-refractivity contribution is 9.09. The van der Waals surface area contributed by atoms with E-state index < -0.39 is 0 Å². The smallest absolute Gasteiger partial charge is 0.151 e. The summed E-state index contributed by atoms with van der Waals surface area (Å²) in [6.07, 6.45) is 5.62. The summed E-state index contributed by atoms with van der Waals surface area (Å²) in [5.74, 6) is 0.768. The van der Waals surface area contributed by atoms with E-state index in [4.69, 9.17) is 0 Å². The third-order valence-electron chi connectivity index (χ3n) is 1.17. The summed E-state index contributed by atoms with van der Waals surface area (Å²) in [7, 11) is 0. The number of hydrogen-bond acceptors (Lipinski definition) is 2. The summed E-state index contributed by atoms with van der Waals surface area (Å²) >= 11 is 3.28. The van der Waals surface area contributed by atoms with Crippen LogP contribution in [0.3, 0.4) is 0 Å². The Morgan fingerprint density at radius 1 is 1.64 bits per heavy atom. The molecule has 0 N–H and O–H groups in total. The van der Waals surface area contributed by atoms with Gasteiger partial charge in [0, 0.05) is 17.2 Å². The Labute approximate surface area is 74.5 Å². The number of aromatic nitrogens is 2. The SMILES string of the molecule is Cc1ccnc(C=CCBr)n1. The lowest BCUT2D eigenvalue weighted by atomic mass is 10.4. The molecule has 0 spiro atoms. The van der Waals surface area contributed by atoms with E-state index in [1.54, 1.807) is 6.20 Å². The number of halogens is 1. The highest BCUT2D eigenvalue weighted by Crippen LogP contribution is 1.96. The molecule has 0 saturated heterocycles. The van der Waals surface area contributed by atoms with Gasteiger partial charge in [-0.05, 0) is 19.1 Å². The molecule has 0 aliphatic carbocycles. The average Bonchev–Trinajstić information content (AvgIpc) is 2.01. The second-order valence-corrected chi connectivity index (χ2v) is 2.76. The van der Waals surface area contributed by atoms with Crippen molar-refractivity contribution in [3.63, 3.8) is 0 Å². The molecule has 1 aromatic heterocycles. The maximum Gasteiger partial charge on any atom is 0.151 e. The molecule has 0 bridgehead atoms. The van der Waals surface area contributed by atoms with Crippen LogP contribution in [0, 0.1) is 6.92 Å². The van der Waals surface area contributed by atoms with Crippen molar-refractivity contribution in [2.45, 2.75) is 6.92 Å². The van der Waals surface area contributed by atoms with E-state index in [9.17, 15) is 0 Å². The maximum absolute atomic E-state index is 4.19. The summed E-state index contributed by atoms with van der Waals surface area (Å²) in [6.45, 7) is 1.95. The van der Waals surface area contributed by atoms with Gasteiger partial charge in [-0.2, -0.15) is 0 Å². The molecule has 1 heterocycles. The quantitative estimate of drug-likeness (QED) is 0.703. The van der Waals surface area contributed by atoms with E-state index in [-0.39, 0.29) is 0 Å². The Kier molecular flexibility index (Phi) is 3.23. The molecular formula is C8H9BrN2. The van der Waals surface area contributed by atoms with Gasteiger partial charge in [-0.1, -0.05) is 22.0 Å². The fraction of sp³-hybridized carbons (Fsp3) is 0.250. The Bertz CT molecular complexity index is 258. The van der Waals surface area contributed by atoms with Crippen LogP contribution in [0.1, 0.15) is 11.5 Å². The molecule has 2 nitrogen and oxygen atoms in total. The third-order valence-corrected chi connectivity index (χ3v) is 1.54. The second kappa shape index (κ2) is 4.23. The first-order valence-corrected chi connectivity index (χ1v) is 4.47. The second-order valence-electron chi connectivity index (χ2n) is 2.11. The molecule has 1 rings (SSSR count). The standard InChI is InChI=1S/C8H9BrN2/c1-7-4-6-10-8(11-7)3-2-5-9/h2-4,6H,5H2,1H3. The maximum atomic E-state index is 4.19. The molecule has 1 aromatic rings. The van der Waals surface area contributed by atoms with Gasteiger partial charge < -0.3 is 0 Å². The summed E-state index contributed by atoms with van der Waals surface area (Å²) in [5.41, 5.74) is 0.995. The topological polar surface area (TPSA) is 25.8 Å². The van der Waals surface area contributed by atoms with Gasteiger partial charge in [-0.3, -0.25) is 0 Å². The van der Waals surface area contributed by atoms with Crippen LogP contribution in [0.25, 0.3) is 6.08 Å². The molecule has 0 atom stereocenters. The minimum atomic E-state index is 0.768. The number of allylic oxidation sites excluding steroid dienone is 1. The van der Waals surface area contributed by atoms with Crippen LogP contribution in [0.5, 0.6) is 0 Å². The molecule has 0 radical (unpaired) electrons. The van der Waals surface area contributed by atoms with E-state index in [1.165, 1.54) is 0 Å². The van der Waals surface area contributed by atoms with Crippen molar-refractivity contribution in [1.82, 2.24) is 9.97 Å². The van der Waals surface area contributed by atoms with E-state index in [0.717, 1.165) is 16.8 Å². The zero-order valence-electron chi connectivity index (χ0n) is 6.29. The van der Waals surface area contributed by atoms with Crippen LogP contribution in [0.2, 0.25) is 0 Å². The Morgan fingerprint density at radius 2 is 2.45 bits per heavy atom. The van der Waals surface area contributed by atoms with Crippen molar-refractivity contribution >= 4 is 22.0 Å². The number of aryl methyl sites for hydroxylation is 1.